The van der Waals surface area contributed by atoms with Crippen molar-refractivity contribution in [3.63, 3.8) is 0 Å². The van der Waals surface area contributed by atoms with Crippen LogP contribution in [0.25, 0.3) is 0 Å². The number of amides is 1. The lowest BCUT2D eigenvalue weighted by molar-refractivity contribution is 0.102. The summed E-state index contributed by atoms with van der Waals surface area (Å²) in [6.07, 6.45) is 3.22. The molecule has 0 saturated carbocycles. The predicted octanol–water partition coefficient (Wildman–Crippen LogP) is 4.61. The number of nitrogens with zero attached hydrogens (tertiary/aromatic N) is 1. The van der Waals surface area contributed by atoms with Crippen LogP contribution in [-0.2, 0) is 6.54 Å². The van der Waals surface area contributed by atoms with E-state index in [0.717, 1.165) is 21.5 Å². The highest BCUT2D eigenvalue weighted by Crippen LogP contribution is 2.21. The molecule has 0 aliphatic rings. The molecule has 3 aromatic rings. The van der Waals surface area contributed by atoms with Gasteiger partial charge in [0.25, 0.3) is 5.91 Å². The number of halogens is 1. The molecule has 0 saturated heterocycles. The minimum Gasteiger partial charge on any atom is -0.467 e. The lowest BCUT2D eigenvalue weighted by Crippen LogP contribution is -2.12. The van der Waals surface area contributed by atoms with Crippen molar-refractivity contribution in [2.45, 2.75) is 13.5 Å². The van der Waals surface area contributed by atoms with Crippen LogP contribution in [0.3, 0.4) is 0 Å². The molecule has 3 rings (SSSR count). The molecule has 1 aromatic carbocycles. The molecule has 0 atom stereocenters. The fourth-order valence-corrected chi connectivity index (χ4v) is 2.51. The van der Waals surface area contributed by atoms with E-state index in [0.29, 0.717) is 17.9 Å². The highest BCUT2D eigenvalue weighted by molar-refractivity contribution is 9.10. The van der Waals surface area contributed by atoms with Crippen molar-refractivity contribution in [2.24, 2.45) is 0 Å². The summed E-state index contributed by atoms with van der Waals surface area (Å²) in [4.78, 5) is 16.6. The van der Waals surface area contributed by atoms with Gasteiger partial charge >= 0.3 is 0 Å². The molecule has 0 aliphatic carbocycles. The Kier molecular flexibility index (Phi) is 4.96. The lowest BCUT2D eigenvalue weighted by atomic mass is 10.2. The zero-order valence-corrected chi connectivity index (χ0v) is 14.6. The molecule has 0 spiro atoms. The summed E-state index contributed by atoms with van der Waals surface area (Å²) < 4.78 is 6.21. The van der Waals surface area contributed by atoms with E-state index in [1.807, 2.05) is 37.3 Å². The maximum absolute atomic E-state index is 12.4. The summed E-state index contributed by atoms with van der Waals surface area (Å²) in [6.45, 7) is 2.51. The normalized spacial score (nSPS) is 10.4. The Hall–Kier alpha value is -2.60. The molecule has 122 valence electrons. The number of hydrogen-bond acceptors (Lipinski definition) is 4. The third-order valence-corrected chi connectivity index (χ3v) is 4.33. The third-order valence-electron chi connectivity index (χ3n) is 3.48. The maximum Gasteiger partial charge on any atom is 0.255 e. The number of aromatic nitrogens is 1. The van der Waals surface area contributed by atoms with Crippen molar-refractivity contribution < 1.29 is 9.21 Å². The molecule has 1 amide bonds. The van der Waals surface area contributed by atoms with Crippen LogP contribution in [0.2, 0.25) is 0 Å². The van der Waals surface area contributed by atoms with Gasteiger partial charge in [0.1, 0.15) is 11.6 Å². The molecule has 5 nitrogen and oxygen atoms in total. The number of anilines is 2. The molecule has 0 aliphatic heterocycles. The average Bonchev–Trinajstić information content (AvgIpc) is 3.10. The average molecular weight is 386 g/mol. The van der Waals surface area contributed by atoms with E-state index < -0.39 is 0 Å². The van der Waals surface area contributed by atoms with Gasteiger partial charge in [0.15, 0.2) is 0 Å². The van der Waals surface area contributed by atoms with Gasteiger partial charge in [-0.25, -0.2) is 4.98 Å². The van der Waals surface area contributed by atoms with Crippen LogP contribution >= 0.6 is 15.9 Å². The fourth-order valence-electron chi connectivity index (χ4n) is 2.13. The van der Waals surface area contributed by atoms with Crippen molar-refractivity contribution in [3.05, 3.63) is 76.3 Å². The first kappa shape index (κ1) is 16.3. The summed E-state index contributed by atoms with van der Waals surface area (Å²) in [6, 6.07) is 12.8. The van der Waals surface area contributed by atoms with Gasteiger partial charge in [0.2, 0.25) is 0 Å². The van der Waals surface area contributed by atoms with Gasteiger partial charge in [0.05, 0.1) is 12.8 Å². The predicted molar refractivity (Wildman–Crippen MR) is 97.1 cm³/mol. The number of furan rings is 1. The first-order chi connectivity index (χ1) is 11.6. The summed E-state index contributed by atoms with van der Waals surface area (Å²) in [5.74, 6) is 1.23. The molecule has 2 heterocycles. The molecular formula is C18H16BrN3O2. The number of nitrogens with one attached hydrogen (secondary N) is 2. The fraction of sp³-hybridized carbons (Fsp3) is 0.111. The van der Waals surface area contributed by atoms with E-state index in [1.54, 1.807) is 24.6 Å². The Morgan fingerprint density at radius 2 is 2.12 bits per heavy atom. The van der Waals surface area contributed by atoms with E-state index in [2.05, 4.69) is 31.5 Å². The van der Waals surface area contributed by atoms with Crippen LogP contribution in [0.5, 0.6) is 0 Å². The maximum atomic E-state index is 12.4. The van der Waals surface area contributed by atoms with Gasteiger partial charge in [-0.05, 0) is 48.9 Å². The second-order valence-electron chi connectivity index (χ2n) is 5.28. The van der Waals surface area contributed by atoms with Crippen LogP contribution in [0, 0.1) is 6.92 Å². The van der Waals surface area contributed by atoms with E-state index in [9.17, 15) is 4.79 Å². The standard InChI is InChI=1S/C18H16BrN3O2/c1-12-4-5-14(10-16(12)19)22-18(23)13-6-7-20-17(9-13)21-11-15-3-2-8-24-15/h2-10H,11H2,1H3,(H,20,21)(H,22,23). The minimum absolute atomic E-state index is 0.186. The lowest BCUT2D eigenvalue weighted by Gasteiger charge is -2.09. The molecule has 2 aromatic heterocycles. The van der Waals surface area contributed by atoms with Crippen molar-refractivity contribution in [3.8, 4) is 0 Å². The number of pyridine rings is 1. The van der Waals surface area contributed by atoms with Crippen LogP contribution in [0.15, 0.2) is 63.8 Å². The summed E-state index contributed by atoms with van der Waals surface area (Å²) in [5.41, 5.74) is 2.38. The van der Waals surface area contributed by atoms with E-state index in [4.69, 9.17) is 4.42 Å². The smallest absolute Gasteiger partial charge is 0.255 e. The Morgan fingerprint density at radius 1 is 1.25 bits per heavy atom. The van der Waals surface area contributed by atoms with Crippen molar-refractivity contribution >= 4 is 33.3 Å². The number of carbonyl (C=O) groups excluding carboxylic acids is 1. The molecule has 2 N–H and O–H groups in total. The number of carbonyl (C=O) groups is 1. The first-order valence-electron chi connectivity index (χ1n) is 7.41. The number of hydrogen-bond donors (Lipinski definition) is 2. The highest BCUT2D eigenvalue weighted by atomic mass is 79.9. The van der Waals surface area contributed by atoms with E-state index in [-0.39, 0.29) is 5.91 Å². The van der Waals surface area contributed by atoms with Crippen molar-refractivity contribution in [1.29, 1.82) is 0 Å². The quantitative estimate of drug-likeness (QED) is 0.672. The monoisotopic (exact) mass is 385 g/mol. The topological polar surface area (TPSA) is 67.2 Å². The van der Waals surface area contributed by atoms with Crippen molar-refractivity contribution in [1.82, 2.24) is 4.98 Å². The molecular weight excluding hydrogens is 370 g/mol. The Bertz CT molecular complexity index is 847. The van der Waals surface area contributed by atoms with Gasteiger partial charge in [-0.3, -0.25) is 4.79 Å². The third kappa shape index (κ3) is 4.02. The van der Waals surface area contributed by atoms with Gasteiger partial charge in [-0.15, -0.1) is 0 Å². The zero-order valence-electron chi connectivity index (χ0n) is 13.0. The van der Waals surface area contributed by atoms with Gasteiger partial charge in [0, 0.05) is 21.9 Å². The second kappa shape index (κ2) is 7.31. The molecule has 0 fully saturated rings. The van der Waals surface area contributed by atoms with Crippen LogP contribution in [0.1, 0.15) is 21.7 Å². The Labute approximate surface area is 148 Å². The molecule has 0 bridgehead atoms. The van der Waals surface area contributed by atoms with Gasteiger partial charge in [-0.1, -0.05) is 22.0 Å². The van der Waals surface area contributed by atoms with Crippen LogP contribution in [0.4, 0.5) is 11.5 Å². The Balaban J connectivity index is 1.68. The largest absolute Gasteiger partial charge is 0.467 e. The SMILES string of the molecule is Cc1ccc(NC(=O)c2ccnc(NCc3ccco3)c2)cc1Br. The first-order valence-corrected chi connectivity index (χ1v) is 8.21. The van der Waals surface area contributed by atoms with E-state index in [1.165, 1.54) is 0 Å². The highest BCUT2D eigenvalue weighted by Gasteiger charge is 2.08. The van der Waals surface area contributed by atoms with Crippen molar-refractivity contribution in [2.75, 3.05) is 10.6 Å². The molecule has 24 heavy (non-hydrogen) atoms. The summed E-state index contributed by atoms with van der Waals surface area (Å²) in [5, 5.41) is 6.01. The van der Waals surface area contributed by atoms with Gasteiger partial charge in [-0.2, -0.15) is 0 Å². The number of benzene rings is 1. The van der Waals surface area contributed by atoms with E-state index >= 15 is 0 Å². The summed E-state index contributed by atoms with van der Waals surface area (Å²) >= 11 is 3.46. The Morgan fingerprint density at radius 3 is 2.88 bits per heavy atom. The summed E-state index contributed by atoms with van der Waals surface area (Å²) in [7, 11) is 0. The number of aryl methyl sites for hydroxylation is 1. The number of rotatable bonds is 5. The van der Waals surface area contributed by atoms with Crippen LogP contribution in [-0.4, -0.2) is 10.9 Å². The zero-order chi connectivity index (χ0) is 16.9. The molecule has 0 unspecified atom stereocenters. The van der Waals surface area contributed by atoms with Gasteiger partial charge < -0.3 is 15.1 Å². The van der Waals surface area contributed by atoms with Crippen LogP contribution < -0.4 is 10.6 Å². The molecule has 0 radical (unpaired) electrons. The second-order valence-corrected chi connectivity index (χ2v) is 6.14. The minimum atomic E-state index is -0.186. The molecule has 6 heteroatoms.